The highest BCUT2D eigenvalue weighted by molar-refractivity contribution is 14.1. The normalized spacial score (nSPS) is 16.3. The number of aryl methyl sites for hydroxylation is 1. The van der Waals surface area contributed by atoms with Crippen molar-refractivity contribution < 1.29 is 38.2 Å². The number of fused-ring (bicyclic) bond motifs is 3. The van der Waals surface area contributed by atoms with Gasteiger partial charge in [0.1, 0.15) is 0 Å². The van der Waals surface area contributed by atoms with E-state index >= 15 is 0 Å². The molecule has 1 aliphatic heterocycles. The smallest absolute Gasteiger partial charge is 0.481 e. The number of ether oxygens (including phenoxy) is 4. The molecular weight excluding hydrogens is 838 g/mol. The van der Waals surface area contributed by atoms with E-state index in [1.54, 1.807) is 14.2 Å². The van der Waals surface area contributed by atoms with Gasteiger partial charge in [0, 0.05) is 47.3 Å². The summed E-state index contributed by atoms with van der Waals surface area (Å²) in [5.74, 6) is -0.717. The van der Waals surface area contributed by atoms with Gasteiger partial charge in [0.05, 0.1) is 37.6 Å². The minimum absolute atomic E-state index is 0.163. The molecule has 0 saturated carbocycles. The van der Waals surface area contributed by atoms with Crippen LogP contribution in [0.4, 0.5) is 0 Å². The van der Waals surface area contributed by atoms with Gasteiger partial charge in [-0.2, -0.15) is 0 Å². The van der Waals surface area contributed by atoms with Gasteiger partial charge in [0.25, 0.3) is 0 Å². The highest BCUT2D eigenvalue weighted by Crippen LogP contribution is 2.54. The number of benzene rings is 3. The fraction of sp³-hybridized carbons (Fsp3) is 0.537. The Balaban J connectivity index is 0.000000392. The predicted molar refractivity (Wildman–Crippen MR) is 220 cm³/mol. The van der Waals surface area contributed by atoms with Crippen molar-refractivity contribution in [3.8, 4) is 11.1 Å². The van der Waals surface area contributed by atoms with Crippen LogP contribution in [0.2, 0.25) is 0 Å². The van der Waals surface area contributed by atoms with E-state index in [2.05, 4.69) is 103 Å². The van der Waals surface area contributed by atoms with Crippen molar-refractivity contribution in [1.29, 1.82) is 0 Å². The molecule has 0 atom stereocenters. The Kier molecular flexibility index (Phi) is 16.7. The summed E-state index contributed by atoms with van der Waals surface area (Å²) in [6.45, 7) is 12.3. The lowest BCUT2D eigenvalue weighted by Gasteiger charge is -2.33. The highest BCUT2D eigenvalue weighted by atomic mass is 127. The van der Waals surface area contributed by atoms with Gasteiger partial charge < -0.3 is 33.4 Å². The standard InChI is InChI=1S/C31H44BBrO6.C10H11IO2/c1-29(2)30(3,4)39-32(38-29)23-9-11-25-26-12-10-24(33)22-28(26)31(27(25)21-23,13-7-15-36-19-17-34-5)14-8-16-37-20-18-35-6;11-9-6-4-8(5-7-9)2-1-3-10(12)13/h9-12,21-22H,7-8,13-20H2,1-6H3;4-7H,1-3H2,(H,12,13). The van der Waals surface area contributed by atoms with Crippen LogP contribution >= 0.6 is 38.5 Å². The van der Waals surface area contributed by atoms with E-state index in [0.29, 0.717) is 39.6 Å². The maximum absolute atomic E-state index is 10.2. The quantitative estimate of drug-likeness (QED) is 0.0728. The average Bonchev–Trinajstić information content (AvgIpc) is 3.49. The zero-order valence-electron chi connectivity index (χ0n) is 31.6. The van der Waals surface area contributed by atoms with Crippen molar-refractivity contribution >= 4 is 57.1 Å². The lowest BCUT2D eigenvalue weighted by Crippen LogP contribution is -2.41. The van der Waals surface area contributed by atoms with Crippen LogP contribution in [0.3, 0.4) is 0 Å². The molecule has 5 rings (SSSR count). The third kappa shape index (κ3) is 11.3. The van der Waals surface area contributed by atoms with Crippen molar-refractivity contribution in [2.24, 2.45) is 0 Å². The van der Waals surface area contributed by atoms with Crippen molar-refractivity contribution in [1.82, 2.24) is 0 Å². The first kappa shape index (κ1) is 42.9. The minimum atomic E-state index is -0.717. The molecule has 0 unspecified atom stereocenters. The third-order valence-corrected chi connectivity index (χ3v) is 11.5. The second kappa shape index (κ2) is 20.2. The van der Waals surface area contributed by atoms with Crippen LogP contribution in [0.25, 0.3) is 11.1 Å². The van der Waals surface area contributed by atoms with E-state index in [1.165, 1.54) is 31.4 Å². The van der Waals surface area contributed by atoms with Crippen LogP contribution in [0, 0.1) is 3.57 Å². The molecule has 11 heteroatoms. The molecule has 0 amide bonds. The molecule has 0 bridgehead atoms. The fourth-order valence-electron chi connectivity index (χ4n) is 6.81. The van der Waals surface area contributed by atoms with Gasteiger partial charge in [-0.05, 0) is 146 Å². The average molecular weight is 894 g/mol. The summed E-state index contributed by atoms with van der Waals surface area (Å²) in [6.07, 6.45) is 5.66. The number of rotatable bonds is 19. The first-order valence-corrected chi connectivity index (χ1v) is 20.1. The van der Waals surface area contributed by atoms with Gasteiger partial charge in [-0.3, -0.25) is 4.79 Å². The first-order chi connectivity index (χ1) is 24.8. The predicted octanol–water partition coefficient (Wildman–Crippen LogP) is 8.60. The SMILES string of the molecule is COCCOCCCC1(CCCOCCOC)c2cc(Br)ccc2-c2ccc(B3OC(C)(C)C(C)(C)O3)cc21.O=C(O)CCCc1ccc(I)cc1. The monoisotopic (exact) mass is 892 g/mol. The second-order valence-electron chi connectivity index (χ2n) is 14.5. The number of carbonyl (C=O) groups is 1. The summed E-state index contributed by atoms with van der Waals surface area (Å²) in [6, 6.07) is 21.6. The summed E-state index contributed by atoms with van der Waals surface area (Å²) in [7, 11) is 3.01. The first-order valence-electron chi connectivity index (χ1n) is 18.2. The molecule has 1 aliphatic carbocycles. The molecule has 0 radical (unpaired) electrons. The van der Waals surface area contributed by atoms with Crippen LogP contribution in [-0.2, 0) is 44.9 Å². The van der Waals surface area contributed by atoms with Crippen molar-refractivity contribution in [2.75, 3.05) is 53.9 Å². The van der Waals surface area contributed by atoms with E-state index in [-0.39, 0.29) is 23.0 Å². The molecule has 3 aromatic rings. The minimum Gasteiger partial charge on any atom is -0.481 e. The summed E-state index contributed by atoms with van der Waals surface area (Å²) < 4.78 is 37.3. The number of halogens is 2. The Morgan fingerprint density at radius 2 is 1.29 bits per heavy atom. The molecule has 2 aliphatic rings. The van der Waals surface area contributed by atoms with Gasteiger partial charge in [0.2, 0.25) is 0 Å². The summed E-state index contributed by atoms with van der Waals surface area (Å²) >= 11 is 6.01. The van der Waals surface area contributed by atoms with Crippen LogP contribution in [0.1, 0.15) is 82.9 Å². The van der Waals surface area contributed by atoms with E-state index in [1.807, 2.05) is 24.3 Å². The van der Waals surface area contributed by atoms with E-state index < -0.39 is 13.1 Å². The second-order valence-corrected chi connectivity index (χ2v) is 16.6. The number of methoxy groups -OCH3 is 2. The zero-order chi connectivity index (χ0) is 37.8. The van der Waals surface area contributed by atoms with Gasteiger partial charge in [-0.1, -0.05) is 52.3 Å². The maximum atomic E-state index is 10.2. The zero-order valence-corrected chi connectivity index (χ0v) is 35.3. The number of hydrogen-bond donors (Lipinski definition) is 1. The Bertz CT molecular complexity index is 1550. The molecule has 284 valence electrons. The molecule has 0 spiro atoms. The maximum Gasteiger partial charge on any atom is 0.494 e. The molecule has 8 nitrogen and oxygen atoms in total. The van der Waals surface area contributed by atoms with Crippen LogP contribution < -0.4 is 5.46 Å². The van der Waals surface area contributed by atoms with E-state index in [0.717, 1.165) is 48.5 Å². The number of carboxylic acids is 1. The number of carboxylic acid groups (broad SMARTS) is 1. The molecule has 1 saturated heterocycles. The van der Waals surface area contributed by atoms with Gasteiger partial charge >= 0.3 is 13.1 Å². The van der Waals surface area contributed by atoms with Gasteiger partial charge in [0.15, 0.2) is 0 Å². The van der Waals surface area contributed by atoms with E-state index in [4.69, 9.17) is 33.4 Å². The summed E-state index contributed by atoms with van der Waals surface area (Å²) in [4.78, 5) is 10.2. The summed E-state index contributed by atoms with van der Waals surface area (Å²) in [5, 5.41) is 8.43. The topological polar surface area (TPSA) is 92.7 Å². The molecular formula is C41H55BBrIO8. The summed E-state index contributed by atoms with van der Waals surface area (Å²) in [5.41, 5.74) is 6.64. The highest BCUT2D eigenvalue weighted by Gasteiger charge is 2.52. The molecule has 0 aromatic heterocycles. The molecule has 1 heterocycles. The third-order valence-electron chi connectivity index (χ3n) is 10.3. The van der Waals surface area contributed by atoms with Crippen molar-refractivity contribution in [2.45, 2.75) is 89.3 Å². The van der Waals surface area contributed by atoms with Crippen LogP contribution in [-0.4, -0.2) is 83.3 Å². The number of aliphatic carboxylic acids is 1. The fourth-order valence-corrected chi connectivity index (χ4v) is 7.53. The molecule has 3 aromatic carbocycles. The lowest BCUT2D eigenvalue weighted by atomic mass is 9.69. The Morgan fingerprint density at radius 1 is 0.750 bits per heavy atom. The molecule has 52 heavy (non-hydrogen) atoms. The van der Waals surface area contributed by atoms with E-state index in [9.17, 15) is 4.79 Å². The Labute approximate surface area is 333 Å². The van der Waals surface area contributed by atoms with Gasteiger partial charge in [-0.15, -0.1) is 0 Å². The molecule has 1 fully saturated rings. The van der Waals surface area contributed by atoms with Crippen LogP contribution in [0.15, 0.2) is 65.1 Å². The Morgan fingerprint density at radius 3 is 1.83 bits per heavy atom. The number of hydrogen-bond acceptors (Lipinski definition) is 7. The Hall–Kier alpha value is -1.84. The lowest BCUT2D eigenvalue weighted by molar-refractivity contribution is -0.137. The largest absolute Gasteiger partial charge is 0.494 e. The van der Waals surface area contributed by atoms with Crippen LogP contribution in [0.5, 0.6) is 0 Å². The van der Waals surface area contributed by atoms with Crippen molar-refractivity contribution in [3.05, 3.63) is 85.4 Å². The molecule has 1 N–H and O–H groups in total. The van der Waals surface area contributed by atoms with Gasteiger partial charge in [-0.25, -0.2) is 0 Å². The van der Waals surface area contributed by atoms with Crippen molar-refractivity contribution in [3.63, 3.8) is 0 Å².